The zero-order valence-electron chi connectivity index (χ0n) is 8.34. The molecule has 16 heavy (non-hydrogen) atoms. The summed E-state index contributed by atoms with van der Waals surface area (Å²) in [6.07, 6.45) is 0. The van der Waals surface area contributed by atoms with Crippen LogP contribution in [-0.4, -0.2) is 21.0 Å². The number of aromatic carboxylic acids is 1. The van der Waals surface area contributed by atoms with E-state index in [0.717, 1.165) is 27.1 Å². The summed E-state index contributed by atoms with van der Waals surface area (Å²) < 4.78 is 0.988. The summed E-state index contributed by atoms with van der Waals surface area (Å²) in [5.41, 5.74) is 1.80. The van der Waals surface area contributed by atoms with Crippen molar-refractivity contribution in [1.29, 1.82) is 0 Å². The maximum atomic E-state index is 10.6. The van der Waals surface area contributed by atoms with Crippen molar-refractivity contribution in [2.24, 2.45) is 0 Å². The van der Waals surface area contributed by atoms with Gasteiger partial charge in [-0.15, -0.1) is 22.7 Å². The molecule has 2 heterocycles. The van der Waals surface area contributed by atoms with Gasteiger partial charge in [-0.25, -0.2) is 14.8 Å². The summed E-state index contributed by atoms with van der Waals surface area (Å²) in [5.74, 6) is -0.303. The van der Waals surface area contributed by atoms with Gasteiger partial charge in [0.05, 0.1) is 5.69 Å². The van der Waals surface area contributed by atoms with E-state index in [9.17, 15) is 4.79 Å². The molecule has 1 N–H and O–H groups in total. The number of thiazole rings is 2. The number of aryl methyl sites for hydroxylation is 1. The summed E-state index contributed by atoms with van der Waals surface area (Å²) in [6.45, 7) is 1.95. The molecule has 0 fully saturated rings. The number of carboxylic acid groups (broad SMARTS) is 1. The molecular formula is C9H8N2O2S3. The molecule has 0 amide bonds. The summed E-state index contributed by atoms with van der Waals surface area (Å²) in [6, 6.07) is 0. The van der Waals surface area contributed by atoms with E-state index >= 15 is 0 Å². The standard InChI is InChI=1S/C9H8N2O2S3/c1-5-2-15-9(10-5)16-4-6-3-14-7(11-6)8(12)13/h2-3H,4H2,1H3,(H,12,13). The fourth-order valence-electron chi connectivity index (χ4n) is 1.01. The molecule has 0 spiro atoms. The van der Waals surface area contributed by atoms with Gasteiger partial charge in [-0.05, 0) is 6.92 Å². The van der Waals surface area contributed by atoms with Crippen molar-refractivity contribution in [3.05, 3.63) is 27.2 Å². The highest BCUT2D eigenvalue weighted by Crippen LogP contribution is 2.26. The molecule has 0 saturated heterocycles. The lowest BCUT2D eigenvalue weighted by atomic mass is 10.6. The third-order valence-electron chi connectivity index (χ3n) is 1.68. The van der Waals surface area contributed by atoms with E-state index in [1.807, 2.05) is 12.3 Å². The quantitative estimate of drug-likeness (QED) is 0.867. The maximum absolute atomic E-state index is 10.6. The lowest BCUT2D eigenvalue weighted by Crippen LogP contribution is -1.94. The average Bonchev–Trinajstić information content (AvgIpc) is 2.83. The predicted octanol–water partition coefficient (Wildman–Crippen LogP) is 2.90. The second-order valence-corrected chi connectivity index (χ2v) is 5.93. The Hall–Kier alpha value is -0.920. The Bertz CT molecular complexity index is 506. The molecule has 2 rings (SSSR count). The average molecular weight is 272 g/mol. The topological polar surface area (TPSA) is 63.1 Å². The Morgan fingerprint density at radius 2 is 2.25 bits per heavy atom. The van der Waals surface area contributed by atoms with Crippen LogP contribution in [0.2, 0.25) is 0 Å². The smallest absolute Gasteiger partial charge is 0.365 e. The van der Waals surface area contributed by atoms with Crippen LogP contribution in [0.4, 0.5) is 0 Å². The second kappa shape index (κ2) is 4.94. The molecule has 0 saturated carbocycles. The first kappa shape index (κ1) is 11.6. The van der Waals surface area contributed by atoms with Crippen molar-refractivity contribution in [3.63, 3.8) is 0 Å². The van der Waals surface area contributed by atoms with Gasteiger partial charge < -0.3 is 5.11 Å². The minimum atomic E-state index is -0.966. The molecule has 0 aromatic carbocycles. The van der Waals surface area contributed by atoms with E-state index in [1.54, 1.807) is 28.5 Å². The van der Waals surface area contributed by atoms with E-state index in [0.29, 0.717) is 5.75 Å². The summed E-state index contributed by atoms with van der Waals surface area (Å²) in [5, 5.41) is 12.6. The van der Waals surface area contributed by atoms with Crippen molar-refractivity contribution in [2.45, 2.75) is 17.0 Å². The number of carboxylic acids is 1. The number of hydrogen-bond donors (Lipinski definition) is 1. The van der Waals surface area contributed by atoms with Crippen molar-refractivity contribution in [2.75, 3.05) is 0 Å². The van der Waals surface area contributed by atoms with Gasteiger partial charge in [0, 0.05) is 22.2 Å². The van der Waals surface area contributed by atoms with Gasteiger partial charge in [0.25, 0.3) is 0 Å². The monoisotopic (exact) mass is 272 g/mol. The number of aromatic nitrogens is 2. The number of hydrogen-bond acceptors (Lipinski definition) is 6. The fraction of sp³-hybridized carbons (Fsp3) is 0.222. The third-order valence-corrected chi connectivity index (χ3v) is 4.73. The third kappa shape index (κ3) is 2.81. The Balaban J connectivity index is 1.97. The van der Waals surface area contributed by atoms with Gasteiger partial charge in [0.1, 0.15) is 4.34 Å². The predicted molar refractivity (Wildman–Crippen MR) is 65.5 cm³/mol. The number of thioether (sulfide) groups is 1. The van der Waals surface area contributed by atoms with Crippen molar-refractivity contribution >= 4 is 40.4 Å². The Kier molecular flexibility index (Phi) is 3.57. The molecule has 84 valence electrons. The van der Waals surface area contributed by atoms with Crippen LogP contribution in [0.3, 0.4) is 0 Å². The van der Waals surface area contributed by atoms with Gasteiger partial charge in [-0.2, -0.15) is 0 Å². The fourth-order valence-corrected chi connectivity index (χ4v) is 3.51. The van der Waals surface area contributed by atoms with E-state index in [4.69, 9.17) is 5.11 Å². The summed E-state index contributed by atoms with van der Waals surface area (Å²) >= 11 is 4.33. The maximum Gasteiger partial charge on any atom is 0.365 e. The molecule has 0 unspecified atom stereocenters. The van der Waals surface area contributed by atoms with E-state index < -0.39 is 5.97 Å². The molecule has 0 aliphatic heterocycles. The Labute approximate surface area is 104 Å². The van der Waals surface area contributed by atoms with Crippen LogP contribution in [-0.2, 0) is 5.75 Å². The highest BCUT2D eigenvalue weighted by Gasteiger charge is 2.09. The normalized spacial score (nSPS) is 10.6. The Morgan fingerprint density at radius 3 is 2.81 bits per heavy atom. The largest absolute Gasteiger partial charge is 0.476 e. The minimum absolute atomic E-state index is 0.144. The molecule has 7 heteroatoms. The molecule has 2 aromatic rings. The molecule has 4 nitrogen and oxygen atoms in total. The lowest BCUT2D eigenvalue weighted by molar-refractivity contribution is 0.0696. The van der Waals surface area contributed by atoms with Crippen LogP contribution >= 0.6 is 34.4 Å². The molecular weight excluding hydrogens is 264 g/mol. The van der Waals surface area contributed by atoms with E-state index in [1.165, 1.54) is 0 Å². The van der Waals surface area contributed by atoms with Gasteiger partial charge in [-0.3, -0.25) is 0 Å². The zero-order chi connectivity index (χ0) is 11.5. The van der Waals surface area contributed by atoms with Crippen LogP contribution in [0.5, 0.6) is 0 Å². The highest BCUT2D eigenvalue weighted by atomic mass is 32.2. The summed E-state index contributed by atoms with van der Waals surface area (Å²) in [4.78, 5) is 18.9. The molecule has 0 radical (unpaired) electrons. The number of rotatable bonds is 4. The van der Waals surface area contributed by atoms with Gasteiger partial charge >= 0.3 is 5.97 Å². The SMILES string of the molecule is Cc1csc(SCc2csc(C(=O)O)n2)n1. The van der Waals surface area contributed by atoms with Crippen LogP contribution in [0.1, 0.15) is 21.2 Å². The van der Waals surface area contributed by atoms with Crippen LogP contribution in [0, 0.1) is 6.92 Å². The van der Waals surface area contributed by atoms with Gasteiger partial charge in [0.2, 0.25) is 5.01 Å². The number of nitrogens with zero attached hydrogens (tertiary/aromatic N) is 2. The highest BCUT2D eigenvalue weighted by molar-refractivity contribution is 8.00. The van der Waals surface area contributed by atoms with Crippen LogP contribution in [0.15, 0.2) is 15.1 Å². The molecule has 2 aromatic heterocycles. The number of carbonyl (C=O) groups is 1. The minimum Gasteiger partial charge on any atom is -0.476 e. The van der Waals surface area contributed by atoms with E-state index in [-0.39, 0.29) is 5.01 Å². The first-order chi connectivity index (χ1) is 7.65. The Morgan fingerprint density at radius 1 is 1.44 bits per heavy atom. The summed E-state index contributed by atoms with van der Waals surface area (Å²) in [7, 11) is 0. The zero-order valence-corrected chi connectivity index (χ0v) is 10.8. The first-order valence-corrected chi connectivity index (χ1v) is 7.12. The lowest BCUT2D eigenvalue weighted by Gasteiger charge is -1.92. The molecule has 0 atom stereocenters. The molecule has 0 bridgehead atoms. The second-order valence-electron chi connectivity index (χ2n) is 2.99. The van der Waals surface area contributed by atoms with E-state index in [2.05, 4.69) is 9.97 Å². The van der Waals surface area contributed by atoms with Crippen LogP contribution < -0.4 is 0 Å². The van der Waals surface area contributed by atoms with Crippen molar-refractivity contribution in [1.82, 2.24) is 9.97 Å². The van der Waals surface area contributed by atoms with Crippen molar-refractivity contribution < 1.29 is 9.90 Å². The molecule has 0 aliphatic rings. The first-order valence-electron chi connectivity index (χ1n) is 4.38. The van der Waals surface area contributed by atoms with Gasteiger partial charge in [-0.1, -0.05) is 11.8 Å². The van der Waals surface area contributed by atoms with Crippen molar-refractivity contribution in [3.8, 4) is 0 Å². The van der Waals surface area contributed by atoms with Gasteiger partial charge in [0.15, 0.2) is 0 Å². The van der Waals surface area contributed by atoms with Crippen LogP contribution in [0.25, 0.3) is 0 Å². The molecule has 0 aliphatic carbocycles.